The van der Waals surface area contributed by atoms with Crippen LogP contribution in [0.1, 0.15) is 48.4 Å². The third-order valence-corrected chi connectivity index (χ3v) is 2.41. The summed E-state index contributed by atoms with van der Waals surface area (Å²) in [6, 6.07) is 0. The van der Waals surface area contributed by atoms with Crippen LogP contribution in [-0.4, -0.2) is 13.1 Å². The van der Waals surface area contributed by atoms with Gasteiger partial charge in [-0.2, -0.15) is 0 Å². The zero-order chi connectivity index (χ0) is 9.40. The van der Waals surface area contributed by atoms with Crippen molar-refractivity contribution in [1.82, 2.24) is 5.32 Å². The van der Waals surface area contributed by atoms with E-state index in [4.69, 9.17) is 0 Å². The molecule has 0 aromatic rings. The van der Waals surface area contributed by atoms with Gasteiger partial charge in [0.25, 0.3) is 0 Å². The molecule has 1 unspecified atom stereocenters. The molecule has 0 fully saturated rings. The van der Waals surface area contributed by atoms with E-state index in [2.05, 4.69) is 33.0 Å². The van der Waals surface area contributed by atoms with E-state index in [1.54, 1.807) is 0 Å². The Morgan fingerprint density at radius 3 is 2.17 bits per heavy atom. The van der Waals surface area contributed by atoms with E-state index in [-0.39, 0.29) is 1.43 Å². The van der Waals surface area contributed by atoms with Gasteiger partial charge in [-0.05, 0) is 37.8 Å². The molecule has 0 saturated carbocycles. The normalized spacial score (nSPS) is 13.8. The molecular formula is C11H27N. The number of hydrogen-bond acceptors (Lipinski definition) is 1. The van der Waals surface area contributed by atoms with Crippen LogP contribution in [-0.2, 0) is 0 Å². The maximum atomic E-state index is 3.48. The highest BCUT2D eigenvalue weighted by molar-refractivity contribution is 4.55. The molecule has 0 aromatic carbocycles. The molecule has 0 aliphatic carbocycles. The number of hydrogen-bond donors (Lipinski definition) is 1. The molecule has 0 saturated heterocycles. The van der Waals surface area contributed by atoms with Gasteiger partial charge in [0.1, 0.15) is 0 Å². The van der Waals surface area contributed by atoms with Crippen LogP contribution in [0.25, 0.3) is 0 Å². The van der Waals surface area contributed by atoms with Crippen LogP contribution in [0.3, 0.4) is 0 Å². The molecule has 0 amide bonds. The van der Waals surface area contributed by atoms with Crippen LogP contribution in [0.5, 0.6) is 0 Å². The molecule has 0 aromatic heterocycles. The number of nitrogens with one attached hydrogen (secondary N) is 1. The first-order valence-corrected chi connectivity index (χ1v) is 5.37. The number of rotatable bonds is 7. The summed E-state index contributed by atoms with van der Waals surface area (Å²) in [6.45, 7) is 11.5. The van der Waals surface area contributed by atoms with Crippen molar-refractivity contribution in [2.24, 2.45) is 11.8 Å². The lowest BCUT2D eigenvalue weighted by atomic mass is 10.1. The van der Waals surface area contributed by atoms with E-state index in [0.29, 0.717) is 0 Å². The summed E-state index contributed by atoms with van der Waals surface area (Å²) >= 11 is 0. The van der Waals surface area contributed by atoms with Gasteiger partial charge >= 0.3 is 0 Å². The lowest BCUT2D eigenvalue weighted by molar-refractivity contribution is 0.470. The van der Waals surface area contributed by atoms with Crippen molar-refractivity contribution >= 4 is 0 Å². The molecule has 0 aliphatic rings. The molecule has 1 nitrogen and oxygen atoms in total. The summed E-state index contributed by atoms with van der Waals surface area (Å²) in [6.07, 6.45) is 3.95. The molecule has 0 aliphatic heterocycles. The van der Waals surface area contributed by atoms with Crippen molar-refractivity contribution in [1.29, 1.82) is 0 Å². The SMILES string of the molecule is CCC(C)CCNCCC(C)C.[HH]. The smallest absolute Gasteiger partial charge is 0 e. The van der Waals surface area contributed by atoms with Gasteiger partial charge in [-0.25, -0.2) is 0 Å². The van der Waals surface area contributed by atoms with Gasteiger partial charge in [-0.1, -0.05) is 34.1 Å². The highest BCUT2D eigenvalue weighted by atomic mass is 14.8. The average molecular weight is 173 g/mol. The minimum Gasteiger partial charge on any atom is -0.317 e. The predicted molar refractivity (Wildman–Crippen MR) is 58.5 cm³/mol. The summed E-state index contributed by atoms with van der Waals surface area (Å²) in [7, 11) is 0. The first kappa shape index (κ1) is 12.0. The molecule has 0 spiro atoms. The summed E-state index contributed by atoms with van der Waals surface area (Å²) in [4.78, 5) is 0. The Morgan fingerprint density at radius 2 is 1.67 bits per heavy atom. The van der Waals surface area contributed by atoms with Crippen LogP contribution < -0.4 is 5.32 Å². The van der Waals surface area contributed by atoms with Gasteiger partial charge in [0.2, 0.25) is 0 Å². The summed E-state index contributed by atoms with van der Waals surface area (Å²) < 4.78 is 0. The Morgan fingerprint density at radius 1 is 1.08 bits per heavy atom. The quantitative estimate of drug-likeness (QED) is 0.582. The molecule has 12 heavy (non-hydrogen) atoms. The minimum atomic E-state index is 0. The van der Waals surface area contributed by atoms with Gasteiger partial charge in [0.15, 0.2) is 0 Å². The summed E-state index contributed by atoms with van der Waals surface area (Å²) in [5.41, 5.74) is 0. The van der Waals surface area contributed by atoms with Gasteiger partial charge in [-0.3, -0.25) is 0 Å². The summed E-state index contributed by atoms with van der Waals surface area (Å²) in [5.74, 6) is 1.72. The minimum absolute atomic E-state index is 0. The van der Waals surface area contributed by atoms with Crippen LogP contribution in [0, 0.1) is 11.8 Å². The highest BCUT2D eigenvalue weighted by Crippen LogP contribution is 2.04. The van der Waals surface area contributed by atoms with Crippen molar-refractivity contribution in [2.75, 3.05) is 13.1 Å². The second-order valence-corrected chi connectivity index (χ2v) is 4.23. The third-order valence-electron chi connectivity index (χ3n) is 2.41. The van der Waals surface area contributed by atoms with E-state index in [9.17, 15) is 0 Å². The Bertz CT molecular complexity index is 94.1. The Balaban J connectivity index is 0. The average Bonchev–Trinajstić information content (AvgIpc) is 2.03. The second kappa shape index (κ2) is 7.60. The first-order chi connectivity index (χ1) is 5.66. The van der Waals surface area contributed by atoms with E-state index in [1.165, 1.54) is 32.4 Å². The molecule has 0 heterocycles. The molecule has 0 radical (unpaired) electrons. The largest absolute Gasteiger partial charge is 0.317 e. The van der Waals surface area contributed by atoms with Gasteiger partial charge in [0.05, 0.1) is 0 Å². The lowest BCUT2D eigenvalue weighted by Crippen LogP contribution is -2.19. The van der Waals surface area contributed by atoms with Gasteiger partial charge in [-0.15, -0.1) is 0 Å². The van der Waals surface area contributed by atoms with Gasteiger partial charge < -0.3 is 5.32 Å². The van der Waals surface area contributed by atoms with Crippen molar-refractivity contribution in [2.45, 2.75) is 47.0 Å². The lowest BCUT2D eigenvalue weighted by Gasteiger charge is -2.10. The molecule has 0 rings (SSSR count). The third kappa shape index (κ3) is 8.06. The van der Waals surface area contributed by atoms with Crippen molar-refractivity contribution in [3.05, 3.63) is 0 Å². The second-order valence-electron chi connectivity index (χ2n) is 4.23. The molecule has 1 N–H and O–H groups in total. The maximum absolute atomic E-state index is 3.48. The van der Waals surface area contributed by atoms with E-state index in [0.717, 1.165) is 11.8 Å². The van der Waals surface area contributed by atoms with E-state index in [1.807, 2.05) is 0 Å². The van der Waals surface area contributed by atoms with Crippen molar-refractivity contribution < 1.29 is 1.43 Å². The van der Waals surface area contributed by atoms with Gasteiger partial charge in [0, 0.05) is 1.43 Å². The maximum Gasteiger partial charge on any atom is 0 e. The first-order valence-electron chi connectivity index (χ1n) is 5.37. The van der Waals surface area contributed by atoms with Crippen LogP contribution in [0.15, 0.2) is 0 Å². The van der Waals surface area contributed by atoms with Crippen molar-refractivity contribution in [3.8, 4) is 0 Å². The monoisotopic (exact) mass is 173 g/mol. The topological polar surface area (TPSA) is 12.0 Å². The Kier molecular flexibility index (Phi) is 7.58. The van der Waals surface area contributed by atoms with Crippen molar-refractivity contribution in [3.63, 3.8) is 0 Å². The molecule has 1 atom stereocenters. The van der Waals surface area contributed by atoms with E-state index >= 15 is 0 Å². The standard InChI is InChI=1S/C11H25N.H2/c1-5-11(4)7-9-12-8-6-10(2)3;/h10-12H,5-9H2,1-4H3;1H. The summed E-state index contributed by atoms with van der Waals surface area (Å²) in [5, 5.41) is 3.48. The van der Waals surface area contributed by atoms with Crippen LogP contribution in [0.4, 0.5) is 0 Å². The highest BCUT2D eigenvalue weighted by Gasteiger charge is 1.97. The molecule has 1 heteroatoms. The zero-order valence-corrected chi connectivity index (χ0v) is 9.19. The van der Waals surface area contributed by atoms with E-state index < -0.39 is 0 Å². The van der Waals surface area contributed by atoms with Crippen LogP contribution >= 0.6 is 0 Å². The van der Waals surface area contributed by atoms with Crippen LogP contribution in [0.2, 0.25) is 0 Å². The molecule has 0 bridgehead atoms. The fourth-order valence-electron chi connectivity index (χ4n) is 1.07. The Hall–Kier alpha value is -0.0400. The fraction of sp³-hybridized carbons (Fsp3) is 1.00. The molecular weight excluding hydrogens is 146 g/mol. The zero-order valence-electron chi connectivity index (χ0n) is 9.19. The Labute approximate surface area is 79.4 Å². The fourth-order valence-corrected chi connectivity index (χ4v) is 1.07. The predicted octanol–water partition coefficient (Wildman–Crippen LogP) is 3.30. The molecule has 76 valence electrons.